The first-order valence-electron chi connectivity index (χ1n) is 8.55. The first kappa shape index (κ1) is 19.5. The monoisotopic (exact) mass is 359 g/mol. The van der Waals surface area contributed by atoms with Crippen LogP contribution in [0.3, 0.4) is 0 Å². The molecule has 26 heavy (non-hydrogen) atoms. The van der Waals surface area contributed by atoms with Crippen molar-refractivity contribution in [3.05, 3.63) is 47.3 Å². The van der Waals surface area contributed by atoms with Gasteiger partial charge >= 0.3 is 5.97 Å². The first-order chi connectivity index (χ1) is 12.4. The molecule has 2 rings (SSSR count). The summed E-state index contributed by atoms with van der Waals surface area (Å²) < 4.78 is 7.42. The van der Waals surface area contributed by atoms with Crippen LogP contribution in [0.2, 0.25) is 0 Å². The van der Waals surface area contributed by atoms with Gasteiger partial charge in [-0.1, -0.05) is 30.3 Å². The third-order valence-corrected chi connectivity index (χ3v) is 4.17. The average Bonchev–Trinajstić information content (AvgIpc) is 2.84. The maximum Gasteiger partial charge on any atom is 0.303 e. The summed E-state index contributed by atoms with van der Waals surface area (Å²) >= 11 is 0. The zero-order valence-electron chi connectivity index (χ0n) is 15.4. The van der Waals surface area contributed by atoms with Gasteiger partial charge in [0.05, 0.1) is 5.69 Å². The van der Waals surface area contributed by atoms with E-state index in [0.29, 0.717) is 25.3 Å². The Morgan fingerprint density at radius 3 is 2.50 bits per heavy atom. The van der Waals surface area contributed by atoms with Gasteiger partial charge in [0, 0.05) is 26.6 Å². The second-order valence-electron chi connectivity index (χ2n) is 6.21. The molecule has 0 saturated carbocycles. The number of carbonyl (C=O) groups excluding carboxylic acids is 1. The van der Waals surface area contributed by atoms with Crippen LogP contribution in [0.5, 0.6) is 5.75 Å². The number of aliphatic carboxylic acids is 1. The number of amides is 1. The zero-order chi connectivity index (χ0) is 19.1. The van der Waals surface area contributed by atoms with E-state index in [4.69, 9.17) is 9.84 Å². The summed E-state index contributed by atoms with van der Waals surface area (Å²) in [5.41, 5.74) is 2.58. The number of aromatic nitrogens is 2. The van der Waals surface area contributed by atoms with Crippen molar-refractivity contribution in [2.75, 3.05) is 13.2 Å². The lowest BCUT2D eigenvalue weighted by atomic mass is 10.2. The molecule has 0 unspecified atom stereocenters. The summed E-state index contributed by atoms with van der Waals surface area (Å²) in [4.78, 5) is 25.1. The van der Waals surface area contributed by atoms with Crippen molar-refractivity contribution in [3.63, 3.8) is 0 Å². The Hall–Kier alpha value is -2.83. The van der Waals surface area contributed by atoms with Gasteiger partial charge in [-0.05, 0) is 25.8 Å². The van der Waals surface area contributed by atoms with Gasteiger partial charge in [-0.3, -0.25) is 14.3 Å². The Bertz CT molecular complexity index is 756. The standard InChI is InChI=1S/C19H25N3O4/c1-14-19(15(2)21(3)20-14)26-13-17(23)22(11-7-10-18(24)25)12-16-8-5-4-6-9-16/h4-6,8-9H,7,10-13H2,1-3H3,(H,24,25). The minimum atomic E-state index is -0.866. The smallest absolute Gasteiger partial charge is 0.303 e. The molecule has 1 heterocycles. The van der Waals surface area contributed by atoms with E-state index in [1.54, 1.807) is 9.58 Å². The number of hydrogen-bond acceptors (Lipinski definition) is 4. The molecule has 0 saturated heterocycles. The first-order valence-corrected chi connectivity index (χ1v) is 8.55. The lowest BCUT2D eigenvalue weighted by Gasteiger charge is -2.23. The predicted octanol–water partition coefficient (Wildman–Crippen LogP) is 2.31. The number of hydrogen-bond donors (Lipinski definition) is 1. The minimum absolute atomic E-state index is 0.0280. The summed E-state index contributed by atoms with van der Waals surface area (Å²) in [7, 11) is 1.82. The van der Waals surface area contributed by atoms with Gasteiger partial charge in [-0.25, -0.2) is 0 Å². The lowest BCUT2D eigenvalue weighted by molar-refractivity contribution is -0.138. The van der Waals surface area contributed by atoms with Crippen LogP contribution in [0.25, 0.3) is 0 Å². The van der Waals surface area contributed by atoms with E-state index in [2.05, 4.69) is 5.10 Å². The summed E-state index contributed by atoms with van der Waals surface area (Å²) in [6, 6.07) is 9.61. The number of carboxylic acid groups (broad SMARTS) is 1. The van der Waals surface area contributed by atoms with Crippen LogP contribution in [-0.2, 0) is 23.2 Å². The molecule has 0 spiro atoms. The van der Waals surface area contributed by atoms with Crippen molar-refractivity contribution in [2.24, 2.45) is 7.05 Å². The van der Waals surface area contributed by atoms with Gasteiger partial charge in [0.1, 0.15) is 5.69 Å². The van der Waals surface area contributed by atoms with Crippen molar-refractivity contribution >= 4 is 11.9 Å². The second kappa shape index (κ2) is 9.03. The summed E-state index contributed by atoms with van der Waals surface area (Å²) in [5.74, 6) is -0.428. The fraction of sp³-hybridized carbons (Fsp3) is 0.421. The Morgan fingerprint density at radius 2 is 1.92 bits per heavy atom. The summed E-state index contributed by atoms with van der Waals surface area (Å²) in [6.45, 7) is 4.41. The van der Waals surface area contributed by atoms with E-state index in [0.717, 1.165) is 17.0 Å². The van der Waals surface area contributed by atoms with Gasteiger partial charge in [0.2, 0.25) is 0 Å². The van der Waals surface area contributed by atoms with Crippen LogP contribution >= 0.6 is 0 Å². The van der Waals surface area contributed by atoms with Crippen LogP contribution in [0.15, 0.2) is 30.3 Å². The molecule has 0 aliphatic rings. The molecular weight excluding hydrogens is 334 g/mol. The number of rotatable bonds is 9. The maximum atomic E-state index is 12.7. The van der Waals surface area contributed by atoms with Gasteiger partial charge in [0.15, 0.2) is 12.4 Å². The predicted molar refractivity (Wildman–Crippen MR) is 96.9 cm³/mol. The minimum Gasteiger partial charge on any atom is -0.481 e. The Morgan fingerprint density at radius 1 is 1.23 bits per heavy atom. The number of aryl methyl sites for hydroxylation is 2. The molecule has 140 valence electrons. The fourth-order valence-electron chi connectivity index (χ4n) is 2.71. The van der Waals surface area contributed by atoms with Crippen molar-refractivity contribution < 1.29 is 19.4 Å². The molecule has 0 fully saturated rings. The zero-order valence-corrected chi connectivity index (χ0v) is 15.4. The van der Waals surface area contributed by atoms with E-state index in [9.17, 15) is 9.59 Å². The maximum absolute atomic E-state index is 12.7. The molecular formula is C19H25N3O4. The Kier molecular flexibility index (Phi) is 6.77. The highest BCUT2D eigenvalue weighted by atomic mass is 16.5. The van der Waals surface area contributed by atoms with Crippen LogP contribution in [0, 0.1) is 13.8 Å². The highest BCUT2D eigenvalue weighted by molar-refractivity contribution is 5.78. The van der Waals surface area contributed by atoms with Gasteiger partial charge in [-0.2, -0.15) is 5.10 Å². The lowest BCUT2D eigenvalue weighted by Crippen LogP contribution is -2.35. The number of carboxylic acids is 1. The quantitative estimate of drug-likeness (QED) is 0.743. The number of benzene rings is 1. The van der Waals surface area contributed by atoms with Crippen LogP contribution in [-0.4, -0.2) is 44.8 Å². The van der Waals surface area contributed by atoms with Gasteiger partial charge in [0.25, 0.3) is 5.91 Å². The second-order valence-corrected chi connectivity index (χ2v) is 6.21. The average molecular weight is 359 g/mol. The van der Waals surface area contributed by atoms with Crippen LogP contribution in [0.1, 0.15) is 29.8 Å². The van der Waals surface area contributed by atoms with Crippen LogP contribution < -0.4 is 4.74 Å². The van der Waals surface area contributed by atoms with E-state index in [1.165, 1.54) is 0 Å². The highest BCUT2D eigenvalue weighted by Gasteiger charge is 2.18. The molecule has 0 aliphatic heterocycles. The van der Waals surface area contributed by atoms with Crippen molar-refractivity contribution in [1.82, 2.24) is 14.7 Å². The molecule has 0 aliphatic carbocycles. The van der Waals surface area contributed by atoms with E-state index >= 15 is 0 Å². The third-order valence-electron chi connectivity index (χ3n) is 4.17. The highest BCUT2D eigenvalue weighted by Crippen LogP contribution is 2.21. The van der Waals surface area contributed by atoms with E-state index in [1.807, 2.05) is 51.2 Å². The molecule has 1 aromatic carbocycles. The SMILES string of the molecule is Cc1nn(C)c(C)c1OCC(=O)N(CCCC(=O)O)Cc1ccccc1. The molecule has 1 N–H and O–H groups in total. The van der Waals surface area contributed by atoms with Gasteiger partial charge < -0.3 is 14.7 Å². The molecule has 1 aromatic heterocycles. The largest absolute Gasteiger partial charge is 0.481 e. The van der Waals surface area contributed by atoms with Crippen molar-refractivity contribution in [1.29, 1.82) is 0 Å². The number of ether oxygens (including phenoxy) is 1. The Labute approximate surface area is 153 Å². The van der Waals surface area contributed by atoms with Crippen molar-refractivity contribution in [3.8, 4) is 5.75 Å². The molecule has 0 atom stereocenters. The van der Waals surface area contributed by atoms with Crippen LogP contribution in [0.4, 0.5) is 0 Å². The Balaban J connectivity index is 2.02. The molecule has 7 nitrogen and oxygen atoms in total. The van der Waals surface area contributed by atoms with Gasteiger partial charge in [-0.15, -0.1) is 0 Å². The van der Waals surface area contributed by atoms with E-state index in [-0.39, 0.29) is 18.9 Å². The molecule has 0 radical (unpaired) electrons. The molecule has 7 heteroatoms. The summed E-state index contributed by atoms with van der Waals surface area (Å²) in [6.07, 6.45) is 0.430. The molecule has 2 aromatic rings. The normalized spacial score (nSPS) is 10.6. The number of nitrogens with zero attached hydrogens (tertiary/aromatic N) is 3. The fourth-order valence-corrected chi connectivity index (χ4v) is 2.71. The third kappa shape index (κ3) is 5.34. The number of carbonyl (C=O) groups is 2. The summed E-state index contributed by atoms with van der Waals surface area (Å²) in [5, 5.41) is 13.1. The molecule has 0 bridgehead atoms. The molecule has 1 amide bonds. The van der Waals surface area contributed by atoms with Crippen molar-refractivity contribution in [2.45, 2.75) is 33.2 Å². The van der Waals surface area contributed by atoms with E-state index < -0.39 is 5.97 Å². The topological polar surface area (TPSA) is 84.7 Å².